The van der Waals surface area contributed by atoms with Crippen LogP contribution in [0.1, 0.15) is 35.6 Å². The first-order valence-electron chi connectivity index (χ1n) is 9.84. The molecule has 0 saturated heterocycles. The lowest BCUT2D eigenvalue weighted by Gasteiger charge is -2.32. The Morgan fingerprint density at radius 3 is 2.41 bits per heavy atom. The highest BCUT2D eigenvalue weighted by Gasteiger charge is 2.35. The average molecular weight is 415 g/mol. The number of carbonyl (C=O) groups is 1. The van der Waals surface area contributed by atoms with Gasteiger partial charge in [0.15, 0.2) is 0 Å². The predicted octanol–water partition coefficient (Wildman–Crippen LogP) is 2.21. The van der Waals surface area contributed by atoms with Gasteiger partial charge in [0, 0.05) is 32.4 Å². The molecule has 0 radical (unpaired) electrons. The van der Waals surface area contributed by atoms with Crippen molar-refractivity contribution in [1.82, 2.24) is 18.8 Å². The number of rotatable bonds is 4. The molecule has 2 aliphatic heterocycles. The first-order valence-corrected chi connectivity index (χ1v) is 11.3. The summed E-state index contributed by atoms with van der Waals surface area (Å²) in [5.74, 6) is 0.726. The van der Waals surface area contributed by atoms with Gasteiger partial charge in [-0.2, -0.15) is 4.31 Å². The molecule has 2 aliphatic rings. The minimum atomic E-state index is -3.63. The molecule has 154 valence electrons. The van der Waals surface area contributed by atoms with Gasteiger partial charge in [-0.3, -0.25) is 4.79 Å². The summed E-state index contributed by atoms with van der Waals surface area (Å²) in [5.41, 5.74) is 2.54. The summed E-state index contributed by atoms with van der Waals surface area (Å²) in [5, 5.41) is 0. The minimum absolute atomic E-state index is 0.0396. The highest BCUT2D eigenvalue weighted by atomic mass is 32.2. The Balaban J connectivity index is 1.57. The standard InChI is InChI=1S/C21H26N4O3S/c1-15-10-16(2)12-19(11-15)29(27,28)25-9-8-24-14-18(22-21(24)17(25)3)13-20(26)23-6-4-5-7-23/h4-5,10-12,14,17H,6-9,13H2,1-3H3. The van der Waals surface area contributed by atoms with Gasteiger partial charge in [-0.25, -0.2) is 13.4 Å². The number of hydrogen-bond acceptors (Lipinski definition) is 4. The van der Waals surface area contributed by atoms with Crippen LogP contribution in [0.2, 0.25) is 0 Å². The van der Waals surface area contributed by atoms with E-state index in [9.17, 15) is 13.2 Å². The lowest BCUT2D eigenvalue weighted by Crippen LogP contribution is -2.41. The van der Waals surface area contributed by atoms with Crippen molar-refractivity contribution in [2.75, 3.05) is 19.6 Å². The largest absolute Gasteiger partial charge is 0.335 e. The molecule has 0 bridgehead atoms. The summed E-state index contributed by atoms with van der Waals surface area (Å²) in [7, 11) is -3.63. The molecule has 0 aliphatic carbocycles. The van der Waals surface area contributed by atoms with Gasteiger partial charge in [0.25, 0.3) is 0 Å². The van der Waals surface area contributed by atoms with Crippen LogP contribution in [0.15, 0.2) is 41.4 Å². The van der Waals surface area contributed by atoms with Crippen molar-refractivity contribution >= 4 is 15.9 Å². The Hall–Kier alpha value is -2.45. The van der Waals surface area contributed by atoms with Crippen LogP contribution in [0.4, 0.5) is 0 Å². The van der Waals surface area contributed by atoms with E-state index in [-0.39, 0.29) is 12.3 Å². The third-order valence-electron chi connectivity index (χ3n) is 5.53. The molecule has 0 fully saturated rings. The van der Waals surface area contributed by atoms with Crippen molar-refractivity contribution in [3.05, 3.63) is 59.2 Å². The maximum absolute atomic E-state index is 13.3. The highest BCUT2D eigenvalue weighted by Crippen LogP contribution is 2.31. The second-order valence-corrected chi connectivity index (χ2v) is 9.74. The topological polar surface area (TPSA) is 75.5 Å². The number of nitrogens with zero attached hydrogens (tertiary/aromatic N) is 4. The normalized spacial score (nSPS) is 19.6. The zero-order valence-electron chi connectivity index (χ0n) is 17.0. The molecule has 1 atom stereocenters. The van der Waals surface area contributed by atoms with Crippen LogP contribution >= 0.6 is 0 Å². The van der Waals surface area contributed by atoms with E-state index in [4.69, 9.17) is 0 Å². The van der Waals surface area contributed by atoms with E-state index in [2.05, 4.69) is 4.98 Å². The van der Waals surface area contributed by atoms with Crippen molar-refractivity contribution < 1.29 is 13.2 Å². The van der Waals surface area contributed by atoms with Gasteiger partial charge in [0.2, 0.25) is 15.9 Å². The Labute approximate surface area is 171 Å². The predicted molar refractivity (Wildman–Crippen MR) is 110 cm³/mol. The van der Waals surface area contributed by atoms with E-state index in [1.807, 2.05) is 49.8 Å². The molecule has 29 heavy (non-hydrogen) atoms. The SMILES string of the molecule is Cc1cc(C)cc(S(=O)(=O)N2CCn3cc(CC(=O)N4CC=CC4)nc3C2C)c1. The number of amides is 1. The molecule has 8 heteroatoms. The molecule has 3 heterocycles. The fraction of sp³-hybridized carbons (Fsp3) is 0.429. The quantitative estimate of drug-likeness (QED) is 0.719. The molecule has 2 aromatic rings. The van der Waals surface area contributed by atoms with E-state index < -0.39 is 16.1 Å². The van der Waals surface area contributed by atoms with Crippen molar-refractivity contribution in [1.29, 1.82) is 0 Å². The van der Waals surface area contributed by atoms with Crippen LogP contribution < -0.4 is 0 Å². The molecule has 1 amide bonds. The molecule has 0 spiro atoms. The molecule has 7 nitrogen and oxygen atoms in total. The van der Waals surface area contributed by atoms with Crippen molar-refractivity contribution in [2.45, 2.75) is 44.7 Å². The van der Waals surface area contributed by atoms with Crippen molar-refractivity contribution in [2.24, 2.45) is 0 Å². The van der Waals surface area contributed by atoms with Crippen LogP contribution in [0, 0.1) is 13.8 Å². The summed E-state index contributed by atoms with van der Waals surface area (Å²) in [6.07, 6.45) is 6.08. The maximum Gasteiger partial charge on any atom is 0.243 e. The number of hydrogen-bond donors (Lipinski definition) is 0. The lowest BCUT2D eigenvalue weighted by atomic mass is 10.2. The third-order valence-corrected chi connectivity index (χ3v) is 7.48. The number of fused-ring (bicyclic) bond motifs is 1. The molecule has 4 rings (SSSR count). The second kappa shape index (κ2) is 7.42. The number of benzene rings is 1. The van der Waals surface area contributed by atoms with Gasteiger partial charge < -0.3 is 9.47 Å². The number of aromatic nitrogens is 2. The highest BCUT2D eigenvalue weighted by molar-refractivity contribution is 7.89. The fourth-order valence-electron chi connectivity index (χ4n) is 4.11. The zero-order valence-corrected chi connectivity index (χ0v) is 17.8. The van der Waals surface area contributed by atoms with Crippen LogP contribution in [0.25, 0.3) is 0 Å². The van der Waals surface area contributed by atoms with Gasteiger partial charge in [-0.1, -0.05) is 18.2 Å². The molecule has 1 unspecified atom stereocenters. The van der Waals surface area contributed by atoms with Crippen LogP contribution in [-0.2, 0) is 27.8 Å². The second-order valence-electron chi connectivity index (χ2n) is 7.85. The van der Waals surface area contributed by atoms with Gasteiger partial charge in [0.05, 0.1) is 23.1 Å². The number of carbonyl (C=O) groups excluding carboxylic acids is 1. The van der Waals surface area contributed by atoms with E-state index in [0.29, 0.717) is 42.6 Å². The Morgan fingerprint density at radius 1 is 1.10 bits per heavy atom. The molecule has 1 aromatic heterocycles. The summed E-state index contributed by atoms with van der Waals surface area (Å²) in [6.45, 7) is 7.85. The lowest BCUT2D eigenvalue weighted by molar-refractivity contribution is -0.129. The molecule has 1 aromatic carbocycles. The van der Waals surface area contributed by atoms with E-state index in [0.717, 1.165) is 11.1 Å². The minimum Gasteiger partial charge on any atom is -0.335 e. The van der Waals surface area contributed by atoms with E-state index in [1.165, 1.54) is 4.31 Å². The average Bonchev–Trinajstić information content (AvgIpc) is 3.30. The van der Waals surface area contributed by atoms with Crippen LogP contribution in [-0.4, -0.2) is 52.7 Å². The summed E-state index contributed by atoms with van der Waals surface area (Å²) >= 11 is 0. The fourth-order valence-corrected chi connectivity index (χ4v) is 5.88. The Morgan fingerprint density at radius 2 is 1.76 bits per heavy atom. The van der Waals surface area contributed by atoms with Gasteiger partial charge in [0.1, 0.15) is 5.82 Å². The van der Waals surface area contributed by atoms with Crippen LogP contribution in [0.3, 0.4) is 0 Å². The summed E-state index contributed by atoms with van der Waals surface area (Å²) in [6, 6.07) is 4.99. The van der Waals surface area contributed by atoms with Gasteiger partial charge >= 0.3 is 0 Å². The van der Waals surface area contributed by atoms with Gasteiger partial charge in [-0.15, -0.1) is 0 Å². The van der Waals surface area contributed by atoms with Crippen LogP contribution in [0.5, 0.6) is 0 Å². The van der Waals surface area contributed by atoms with Crippen molar-refractivity contribution in [3.8, 4) is 0 Å². The molecular weight excluding hydrogens is 388 g/mol. The van der Waals surface area contributed by atoms with Gasteiger partial charge in [-0.05, 0) is 44.0 Å². The summed E-state index contributed by atoms with van der Waals surface area (Å²) < 4.78 is 30.1. The Kier molecular flexibility index (Phi) is 5.08. The molecule has 0 N–H and O–H groups in total. The number of aryl methyl sites for hydroxylation is 2. The molecular formula is C21H26N4O3S. The zero-order chi connectivity index (χ0) is 20.8. The first-order chi connectivity index (χ1) is 13.8. The van der Waals surface area contributed by atoms with E-state index >= 15 is 0 Å². The maximum atomic E-state index is 13.3. The van der Waals surface area contributed by atoms with E-state index in [1.54, 1.807) is 17.0 Å². The summed E-state index contributed by atoms with van der Waals surface area (Å²) in [4.78, 5) is 19.1. The Bertz CT molecular complexity index is 1060. The smallest absolute Gasteiger partial charge is 0.243 e. The first kappa shape index (κ1) is 19.8. The molecule has 0 saturated carbocycles. The monoisotopic (exact) mass is 414 g/mol. The number of sulfonamides is 1. The van der Waals surface area contributed by atoms with Crippen molar-refractivity contribution in [3.63, 3.8) is 0 Å². The number of imidazole rings is 1. The third kappa shape index (κ3) is 3.74.